The molecule has 64 valence electrons. The Morgan fingerprint density at radius 1 is 1.17 bits per heavy atom. The van der Waals surface area contributed by atoms with Gasteiger partial charge in [0.1, 0.15) is 0 Å². The Hall–Kier alpha value is -0.980. The molecule has 0 aliphatic carbocycles. The van der Waals surface area contributed by atoms with Gasteiger partial charge >= 0.3 is 0 Å². The Bertz CT molecular complexity index is 318. The van der Waals surface area contributed by atoms with E-state index in [4.69, 9.17) is 0 Å². The fraction of sp³-hybridized carbons (Fsp3) is 0.455. The van der Waals surface area contributed by atoms with Gasteiger partial charge in [0.25, 0.3) is 0 Å². The molecule has 2 heterocycles. The van der Waals surface area contributed by atoms with Crippen LogP contribution in [-0.4, -0.2) is 0 Å². The molecule has 0 radical (unpaired) electrons. The van der Waals surface area contributed by atoms with Crippen molar-refractivity contribution in [2.24, 2.45) is 0 Å². The lowest BCUT2D eigenvalue weighted by atomic mass is 9.91. The van der Waals surface area contributed by atoms with Crippen LogP contribution in [0.3, 0.4) is 0 Å². The highest BCUT2D eigenvalue weighted by Crippen LogP contribution is 2.43. The highest BCUT2D eigenvalue weighted by atomic mass is 15.0. The predicted molar refractivity (Wildman–Crippen MR) is 53.2 cm³/mol. The fourth-order valence-corrected chi connectivity index (χ4v) is 1.99. The normalized spacial score (nSPS) is 12.2. The zero-order chi connectivity index (χ0) is 8.72. The van der Waals surface area contributed by atoms with Gasteiger partial charge < -0.3 is 5.32 Å². The van der Waals surface area contributed by atoms with Crippen LogP contribution in [0, 0.1) is 6.92 Å². The maximum absolute atomic E-state index is 3.42. The fourth-order valence-electron chi connectivity index (χ4n) is 1.99. The van der Waals surface area contributed by atoms with Gasteiger partial charge in [-0.25, -0.2) is 0 Å². The maximum atomic E-state index is 3.42. The average Bonchev–Trinajstić information content (AvgIpc) is 2.03. The van der Waals surface area contributed by atoms with Gasteiger partial charge in [-0.15, -0.1) is 0 Å². The second kappa shape index (κ2) is 2.51. The number of fused-ring (bicyclic) bond motifs is 2. The van der Waals surface area contributed by atoms with Crippen LogP contribution in [0.25, 0.3) is 0 Å². The SMILES string of the molecule is CCc1cc(C)c2c(CC)c1N2. The molecule has 0 unspecified atom stereocenters. The summed E-state index contributed by atoms with van der Waals surface area (Å²) in [6.07, 6.45) is 2.29. The second-order valence-corrected chi connectivity index (χ2v) is 3.41. The van der Waals surface area contributed by atoms with Gasteiger partial charge in [-0.05, 0) is 36.5 Å². The van der Waals surface area contributed by atoms with Gasteiger partial charge in [0.05, 0.1) is 0 Å². The zero-order valence-corrected chi connectivity index (χ0v) is 7.99. The van der Waals surface area contributed by atoms with E-state index in [1.807, 2.05) is 0 Å². The Labute approximate surface area is 73.8 Å². The number of nitrogens with one attached hydrogen (secondary N) is 1. The number of anilines is 2. The summed E-state index contributed by atoms with van der Waals surface area (Å²) >= 11 is 0. The van der Waals surface area contributed by atoms with Crippen LogP contribution >= 0.6 is 0 Å². The molecular formula is C11H15N. The van der Waals surface area contributed by atoms with Crippen LogP contribution in [0.5, 0.6) is 0 Å². The average molecular weight is 161 g/mol. The topological polar surface area (TPSA) is 12.0 Å². The zero-order valence-electron chi connectivity index (χ0n) is 7.99. The molecule has 1 aromatic carbocycles. The molecule has 2 aliphatic rings. The molecule has 1 N–H and O–H groups in total. The third-order valence-electron chi connectivity index (χ3n) is 2.69. The number of aryl methyl sites for hydroxylation is 3. The van der Waals surface area contributed by atoms with Crippen LogP contribution < -0.4 is 5.32 Å². The Balaban J connectivity index is 2.57. The minimum absolute atomic E-state index is 1.14. The summed E-state index contributed by atoms with van der Waals surface area (Å²) in [6, 6.07) is 2.31. The largest absolute Gasteiger partial charge is 0.355 e. The molecule has 0 saturated heterocycles. The Morgan fingerprint density at radius 2 is 1.92 bits per heavy atom. The molecule has 0 spiro atoms. The van der Waals surface area contributed by atoms with E-state index >= 15 is 0 Å². The van der Waals surface area contributed by atoms with Gasteiger partial charge in [-0.3, -0.25) is 0 Å². The summed E-state index contributed by atoms with van der Waals surface area (Å²) in [5.74, 6) is 0. The molecule has 1 nitrogen and oxygen atoms in total. The van der Waals surface area contributed by atoms with Crippen LogP contribution in [-0.2, 0) is 12.8 Å². The van der Waals surface area contributed by atoms with Gasteiger partial charge in [0.2, 0.25) is 0 Å². The summed E-state index contributed by atoms with van der Waals surface area (Å²) in [5.41, 5.74) is 7.19. The van der Waals surface area contributed by atoms with E-state index in [1.54, 1.807) is 0 Å². The van der Waals surface area contributed by atoms with Gasteiger partial charge in [-0.1, -0.05) is 19.9 Å². The summed E-state index contributed by atoms with van der Waals surface area (Å²) in [5, 5.41) is 3.42. The Kier molecular flexibility index (Phi) is 1.60. The molecule has 1 aromatic rings. The van der Waals surface area contributed by atoms with E-state index in [9.17, 15) is 0 Å². The van der Waals surface area contributed by atoms with Crippen molar-refractivity contribution < 1.29 is 0 Å². The third-order valence-corrected chi connectivity index (χ3v) is 2.69. The summed E-state index contributed by atoms with van der Waals surface area (Å²) < 4.78 is 0. The first-order valence-corrected chi connectivity index (χ1v) is 4.70. The molecule has 3 rings (SSSR count). The van der Waals surface area contributed by atoms with Crippen LogP contribution in [0.1, 0.15) is 30.5 Å². The van der Waals surface area contributed by atoms with E-state index in [0.717, 1.165) is 12.8 Å². The minimum atomic E-state index is 1.14. The molecule has 12 heavy (non-hydrogen) atoms. The number of hydrogen-bond acceptors (Lipinski definition) is 1. The van der Waals surface area contributed by atoms with E-state index in [-0.39, 0.29) is 0 Å². The number of rotatable bonds is 2. The van der Waals surface area contributed by atoms with Crippen molar-refractivity contribution in [3.63, 3.8) is 0 Å². The first kappa shape index (κ1) is 7.66. The molecule has 1 heteroatoms. The van der Waals surface area contributed by atoms with Crippen molar-refractivity contribution in [1.82, 2.24) is 0 Å². The van der Waals surface area contributed by atoms with E-state index in [2.05, 4.69) is 32.2 Å². The van der Waals surface area contributed by atoms with E-state index < -0.39 is 0 Å². The second-order valence-electron chi connectivity index (χ2n) is 3.41. The monoisotopic (exact) mass is 161 g/mol. The summed E-state index contributed by atoms with van der Waals surface area (Å²) in [4.78, 5) is 0. The lowest BCUT2D eigenvalue weighted by molar-refractivity contribution is 1.05. The first-order valence-electron chi connectivity index (χ1n) is 4.70. The van der Waals surface area contributed by atoms with Gasteiger partial charge in [-0.2, -0.15) is 0 Å². The predicted octanol–water partition coefficient (Wildman–Crippen LogP) is 3.18. The third kappa shape index (κ3) is 0.795. The maximum Gasteiger partial charge on any atom is 0.0470 e. The molecular weight excluding hydrogens is 146 g/mol. The molecule has 2 aliphatic heterocycles. The summed E-state index contributed by atoms with van der Waals surface area (Å²) in [6.45, 7) is 6.62. The van der Waals surface area contributed by atoms with Crippen molar-refractivity contribution in [3.05, 3.63) is 22.8 Å². The van der Waals surface area contributed by atoms with Gasteiger partial charge in [0, 0.05) is 11.4 Å². The Morgan fingerprint density at radius 3 is 2.42 bits per heavy atom. The number of hydrogen-bond donors (Lipinski definition) is 1. The standard InChI is InChI=1S/C11H15N/c1-4-8-6-7(3)10-9(5-2)11(8)12-10/h6,12H,4-5H2,1-3H3. The van der Waals surface area contributed by atoms with E-state index in [1.165, 1.54) is 28.1 Å². The minimum Gasteiger partial charge on any atom is -0.355 e. The molecule has 2 bridgehead atoms. The first-order chi connectivity index (χ1) is 5.77. The van der Waals surface area contributed by atoms with Crippen LogP contribution in [0.4, 0.5) is 11.4 Å². The highest BCUT2D eigenvalue weighted by molar-refractivity contribution is 5.87. The molecule has 0 fully saturated rings. The van der Waals surface area contributed by atoms with E-state index in [0.29, 0.717) is 0 Å². The van der Waals surface area contributed by atoms with Crippen molar-refractivity contribution in [2.45, 2.75) is 33.6 Å². The molecule has 0 atom stereocenters. The smallest absolute Gasteiger partial charge is 0.0470 e. The highest BCUT2D eigenvalue weighted by Gasteiger charge is 2.22. The number of benzene rings is 1. The lowest BCUT2D eigenvalue weighted by Crippen LogP contribution is -2.14. The van der Waals surface area contributed by atoms with Crippen molar-refractivity contribution >= 4 is 11.4 Å². The summed E-state index contributed by atoms with van der Waals surface area (Å²) in [7, 11) is 0. The van der Waals surface area contributed by atoms with Crippen LogP contribution in [0.15, 0.2) is 6.07 Å². The van der Waals surface area contributed by atoms with Gasteiger partial charge in [0.15, 0.2) is 0 Å². The quantitative estimate of drug-likeness (QED) is 0.713. The molecule has 0 aromatic heterocycles. The van der Waals surface area contributed by atoms with Crippen molar-refractivity contribution in [3.8, 4) is 0 Å². The van der Waals surface area contributed by atoms with Crippen LogP contribution in [0.2, 0.25) is 0 Å². The van der Waals surface area contributed by atoms with Crippen molar-refractivity contribution in [1.29, 1.82) is 0 Å². The lowest BCUT2D eigenvalue weighted by Gasteiger charge is -2.30. The molecule has 0 saturated carbocycles. The molecule has 0 amide bonds. The van der Waals surface area contributed by atoms with Crippen molar-refractivity contribution in [2.75, 3.05) is 5.32 Å².